The first-order chi connectivity index (χ1) is 9.26. The minimum Gasteiger partial charge on any atom is -0.359 e. The van der Waals surface area contributed by atoms with Crippen LogP contribution < -0.4 is 16.4 Å². The molecule has 7 heteroatoms. The number of fused-ring (bicyclic) bond motifs is 1. The number of hydrogen-bond donors (Lipinski definition) is 3. The lowest BCUT2D eigenvalue weighted by molar-refractivity contribution is -0.115. The Kier molecular flexibility index (Phi) is 3.14. The highest BCUT2D eigenvalue weighted by atomic mass is 32.1. The maximum atomic E-state index is 11.3. The van der Waals surface area contributed by atoms with Crippen molar-refractivity contribution in [1.29, 1.82) is 0 Å². The maximum absolute atomic E-state index is 11.3. The number of aromatic nitrogens is 2. The lowest BCUT2D eigenvalue weighted by Gasteiger charge is -2.00. The van der Waals surface area contributed by atoms with Crippen molar-refractivity contribution in [2.24, 2.45) is 5.73 Å². The number of hydrogen-bond acceptors (Lipinski definition) is 6. The molecule has 4 N–H and O–H groups in total. The third kappa shape index (κ3) is 2.42. The molecule has 3 rings (SSSR count). The summed E-state index contributed by atoms with van der Waals surface area (Å²) in [5.74, 6) is 0.0368. The number of rotatable bonds is 4. The molecule has 0 saturated heterocycles. The van der Waals surface area contributed by atoms with E-state index in [0.29, 0.717) is 19.5 Å². The molecule has 2 aromatic rings. The van der Waals surface area contributed by atoms with Gasteiger partial charge in [-0.25, -0.2) is 0 Å². The molecule has 0 fully saturated rings. The molecule has 1 aromatic carbocycles. The molecule has 0 saturated carbocycles. The first kappa shape index (κ1) is 12.1. The van der Waals surface area contributed by atoms with E-state index in [4.69, 9.17) is 5.73 Å². The van der Waals surface area contributed by atoms with Crippen molar-refractivity contribution in [1.82, 2.24) is 10.2 Å². The zero-order chi connectivity index (χ0) is 13.2. The zero-order valence-corrected chi connectivity index (χ0v) is 11.0. The van der Waals surface area contributed by atoms with Crippen molar-refractivity contribution in [3.05, 3.63) is 23.8 Å². The average molecular weight is 275 g/mol. The summed E-state index contributed by atoms with van der Waals surface area (Å²) in [6.45, 7) is 1.23. The van der Waals surface area contributed by atoms with Crippen LogP contribution in [-0.4, -0.2) is 29.2 Å². The van der Waals surface area contributed by atoms with Crippen molar-refractivity contribution in [2.45, 2.75) is 6.42 Å². The Bertz CT molecular complexity index is 624. The summed E-state index contributed by atoms with van der Waals surface area (Å²) in [4.78, 5) is 11.3. The Balaban J connectivity index is 1.84. The van der Waals surface area contributed by atoms with E-state index >= 15 is 0 Å². The minimum atomic E-state index is 0.0368. The van der Waals surface area contributed by atoms with Crippen LogP contribution in [0.15, 0.2) is 18.2 Å². The van der Waals surface area contributed by atoms with E-state index in [9.17, 15) is 4.79 Å². The number of amides is 1. The predicted molar refractivity (Wildman–Crippen MR) is 75.2 cm³/mol. The fourth-order valence-corrected chi connectivity index (χ4v) is 2.72. The lowest BCUT2D eigenvalue weighted by atomic mass is 10.1. The average Bonchev–Trinajstić information content (AvgIpc) is 3.00. The molecular weight excluding hydrogens is 262 g/mol. The highest BCUT2D eigenvalue weighted by Gasteiger charge is 2.18. The molecule has 0 unspecified atom stereocenters. The van der Waals surface area contributed by atoms with Crippen LogP contribution in [0.4, 0.5) is 10.8 Å². The number of nitrogens with two attached hydrogens (primary N) is 1. The van der Waals surface area contributed by atoms with Gasteiger partial charge in [-0.15, -0.1) is 10.2 Å². The van der Waals surface area contributed by atoms with Crippen LogP contribution in [-0.2, 0) is 11.2 Å². The molecule has 0 aliphatic carbocycles. The summed E-state index contributed by atoms with van der Waals surface area (Å²) in [6, 6.07) is 5.84. The second-order valence-corrected chi connectivity index (χ2v) is 5.20. The Labute approximate surface area is 114 Å². The summed E-state index contributed by atoms with van der Waals surface area (Å²) >= 11 is 1.48. The van der Waals surface area contributed by atoms with Gasteiger partial charge in [0.15, 0.2) is 0 Å². The molecule has 0 radical (unpaired) electrons. The summed E-state index contributed by atoms with van der Waals surface area (Å²) in [5, 5.41) is 15.7. The van der Waals surface area contributed by atoms with Gasteiger partial charge < -0.3 is 16.4 Å². The monoisotopic (exact) mass is 275 g/mol. The van der Waals surface area contributed by atoms with Gasteiger partial charge in [-0.2, -0.15) is 0 Å². The Hall–Kier alpha value is -1.99. The summed E-state index contributed by atoms with van der Waals surface area (Å²) in [7, 11) is 0. The third-order valence-corrected chi connectivity index (χ3v) is 3.75. The smallest absolute Gasteiger partial charge is 0.228 e. The van der Waals surface area contributed by atoms with Crippen LogP contribution in [0.5, 0.6) is 0 Å². The maximum Gasteiger partial charge on any atom is 0.228 e. The number of carbonyl (C=O) groups is 1. The SMILES string of the molecule is NCCNc1nnc(-c2ccc3c(c2)CC(=O)N3)s1. The summed E-state index contributed by atoms with van der Waals surface area (Å²) < 4.78 is 0. The molecule has 0 bridgehead atoms. The van der Waals surface area contributed by atoms with Crippen LogP contribution in [0.2, 0.25) is 0 Å². The summed E-state index contributed by atoms with van der Waals surface area (Å²) in [6.07, 6.45) is 0.431. The van der Waals surface area contributed by atoms with Gasteiger partial charge in [0.2, 0.25) is 11.0 Å². The van der Waals surface area contributed by atoms with E-state index in [2.05, 4.69) is 20.8 Å². The number of carbonyl (C=O) groups excluding carboxylic acids is 1. The fraction of sp³-hybridized carbons (Fsp3) is 0.250. The van der Waals surface area contributed by atoms with Crippen LogP contribution in [0, 0.1) is 0 Å². The van der Waals surface area contributed by atoms with Gasteiger partial charge in [0.1, 0.15) is 5.01 Å². The molecule has 0 spiro atoms. The second-order valence-electron chi connectivity index (χ2n) is 4.22. The molecule has 6 nitrogen and oxygen atoms in total. The first-order valence-corrected chi connectivity index (χ1v) is 6.78. The van der Waals surface area contributed by atoms with E-state index in [1.807, 2.05) is 18.2 Å². The minimum absolute atomic E-state index is 0.0368. The summed E-state index contributed by atoms with van der Waals surface area (Å²) in [5.41, 5.74) is 8.30. The predicted octanol–water partition coefficient (Wildman–Crippen LogP) is 1.07. The van der Waals surface area contributed by atoms with E-state index in [0.717, 1.165) is 27.0 Å². The van der Waals surface area contributed by atoms with Crippen LogP contribution in [0.25, 0.3) is 10.6 Å². The molecular formula is C12H13N5OS. The van der Waals surface area contributed by atoms with Gasteiger partial charge in [-0.05, 0) is 23.8 Å². The molecule has 1 amide bonds. The van der Waals surface area contributed by atoms with Crippen molar-refractivity contribution < 1.29 is 4.79 Å². The van der Waals surface area contributed by atoms with Crippen molar-refractivity contribution >= 4 is 28.1 Å². The van der Waals surface area contributed by atoms with Crippen LogP contribution in [0.1, 0.15) is 5.56 Å². The lowest BCUT2D eigenvalue weighted by Crippen LogP contribution is -2.12. The number of anilines is 2. The van der Waals surface area contributed by atoms with Gasteiger partial charge in [0.05, 0.1) is 6.42 Å². The molecule has 1 aliphatic rings. The van der Waals surface area contributed by atoms with Gasteiger partial charge in [0.25, 0.3) is 0 Å². The number of nitrogens with zero attached hydrogens (tertiary/aromatic N) is 2. The molecule has 0 atom stereocenters. The highest BCUT2D eigenvalue weighted by Crippen LogP contribution is 2.31. The molecule has 1 aromatic heterocycles. The normalized spacial score (nSPS) is 13.2. The van der Waals surface area contributed by atoms with Gasteiger partial charge >= 0.3 is 0 Å². The number of benzene rings is 1. The Morgan fingerprint density at radius 1 is 1.42 bits per heavy atom. The number of nitrogens with one attached hydrogen (secondary N) is 2. The topological polar surface area (TPSA) is 92.9 Å². The zero-order valence-electron chi connectivity index (χ0n) is 10.1. The van der Waals surface area contributed by atoms with E-state index in [1.165, 1.54) is 11.3 Å². The van der Waals surface area contributed by atoms with E-state index in [1.54, 1.807) is 0 Å². The molecule has 98 valence electrons. The van der Waals surface area contributed by atoms with Gasteiger partial charge in [0, 0.05) is 24.3 Å². The molecule has 1 aliphatic heterocycles. The molecule has 2 heterocycles. The fourth-order valence-electron chi connectivity index (χ4n) is 1.95. The van der Waals surface area contributed by atoms with Gasteiger partial charge in [-0.1, -0.05) is 11.3 Å². The molecule has 19 heavy (non-hydrogen) atoms. The van der Waals surface area contributed by atoms with Crippen molar-refractivity contribution in [2.75, 3.05) is 23.7 Å². The van der Waals surface area contributed by atoms with E-state index < -0.39 is 0 Å². The largest absolute Gasteiger partial charge is 0.359 e. The first-order valence-electron chi connectivity index (χ1n) is 5.97. The van der Waals surface area contributed by atoms with E-state index in [-0.39, 0.29) is 5.91 Å². The highest BCUT2D eigenvalue weighted by molar-refractivity contribution is 7.18. The van der Waals surface area contributed by atoms with Crippen molar-refractivity contribution in [3.63, 3.8) is 0 Å². The van der Waals surface area contributed by atoms with Crippen molar-refractivity contribution in [3.8, 4) is 10.6 Å². The Morgan fingerprint density at radius 2 is 2.32 bits per heavy atom. The van der Waals surface area contributed by atoms with Crippen LogP contribution in [0.3, 0.4) is 0 Å². The second kappa shape index (κ2) is 4.94. The van der Waals surface area contributed by atoms with Crippen LogP contribution >= 0.6 is 11.3 Å². The third-order valence-electron chi connectivity index (χ3n) is 2.82. The quantitative estimate of drug-likeness (QED) is 0.776. The standard InChI is InChI=1S/C12H13N5OS/c13-3-4-14-12-17-16-11(19-12)7-1-2-9-8(5-7)6-10(18)15-9/h1-2,5H,3-4,6,13H2,(H,14,17)(H,15,18). The van der Waals surface area contributed by atoms with Gasteiger partial charge in [-0.3, -0.25) is 4.79 Å². The Morgan fingerprint density at radius 3 is 3.16 bits per heavy atom.